The predicted molar refractivity (Wildman–Crippen MR) is 97.1 cm³/mol. The van der Waals surface area contributed by atoms with Crippen LogP contribution in [0.25, 0.3) is 0 Å². The average Bonchev–Trinajstić information content (AvgIpc) is 3.01. The first-order chi connectivity index (χ1) is 12.5. The van der Waals surface area contributed by atoms with E-state index in [4.69, 9.17) is 5.73 Å². The van der Waals surface area contributed by atoms with Crippen LogP contribution in [0.1, 0.15) is 62.5 Å². The number of hydrogen-bond acceptors (Lipinski definition) is 5. The van der Waals surface area contributed by atoms with Crippen LogP contribution in [0.4, 0.5) is 0 Å². The summed E-state index contributed by atoms with van der Waals surface area (Å²) in [5, 5.41) is 8.87. The fraction of sp³-hybridized carbons (Fsp3) is 0.778. The molecule has 0 aromatic carbocycles. The molecule has 3 heterocycles. The number of nitrogens with two attached hydrogens (primary N) is 1. The van der Waals surface area contributed by atoms with Crippen molar-refractivity contribution in [2.45, 2.75) is 57.4 Å². The molecule has 2 aliphatic rings. The van der Waals surface area contributed by atoms with Crippen LogP contribution in [0.2, 0.25) is 0 Å². The normalized spacial score (nSPS) is 21.7. The van der Waals surface area contributed by atoms with E-state index in [1.807, 2.05) is 11.9 Å². The van der Waals surface area contributed by atoms with Crippen LogP contribution in [-0.4, -0.2) is 62.6 Å². The molecule has 2 aliphatic heterocycles. The first-order valence-electron chi connectivity index (χ1n) is 9.71. The van der Waals surface area contributed by atoms with E-state index in [0.29, 0.717) is 6.54 Å². The summed E-state index contributed by atoms with van der Waals surface area (Å²) < 4.78 is 2.11. The van der Waals surface area contributed by atoms with Gasteiger partial charge in [-0.05, 0) is 38.8 Å². The van der Waals surface area contributed by atoms with Gasteiger partial charge in [0.1, 0.15) is 11.6 Å². The Morgan fingerprint density at radius 2 is 1.85 bits per heavy atom. The van der Waals surface area contributed by atoms with Crippen LogP contribution in [0.15, 0.2) is 0 Å². The van der Waals surface area contributed by atoms with Crippen molar-refractivity contribution < 1.29 is 9.59 Å². The topological polar surface area (TPSA) is 97.3 Å². The second-order valence-corrected chi connectivity index (χ2v) is 7.52. The summed E-state index contributed by atoms with van der Waals surface area (Å²) in [4.78, 5) is 27.5. The van der Waals surface area contributed by atoms with Crippen molar-refractivity contribution in [3.8, 4) is 0 Å². The Kier molecular flexibility index (Phi) is 6.24. The Morgan fingerprint density at radius 1 is 1.08 bits per heavy atom. The van der Waals surface area contributed by atoms with Crippen LogP contribution in [-0.2, 0) is 23.2 Å². The van der Waals surface area contributed by atoms with Gasteiger partial charge in [0.15, 0.2) is 0 Å². The van der Waals surface area contributed by atoms with Gasteiger partial charge in [0.05, 0.1) is 6.54 Å². The number of amides is 2. The summed E-state index contributed by atoms with van der Waals surface area (Å²) in [6.07, 6.45) is 6.11. The van der Waals surface area contributed by atoms with Crippen molar-refractivity contribution in [2.75, 3.05) is 26.2 Å². The third-order valence-electron chi connectivity index (χ3n) is 5.54. The molecule has 0 unspecified atom stereocenters. The van der Waals surface area contributed by atoms with Gasteiger partial charge in [-0.25, -0.2) is 0 Å². The molecule has 0 saturated carbocycles. The first-order valence-corrected chi connectivity index (χ1v) is 9.71. The zero-order valence-electron chi connectivity index (χ0n) is 15.7. The highest BCUT2D eigenvalue weighted by Gasteiger charge is 2.28. The van der Waals surface area contributed by atoms with Crippen molar-refractivity contribution in [3.05, 3.63) is 11.6 Å². The molecule has 8 nitrogen and oxygen atoms in total. The number of hydrogen-bond donors (Lipinski definition) is 1. The van der Waals surface area contributed by atoms with Crippen LogP contribution < -0.4 is 5.73 Å². The zero-order valence-corrected chi connectivity index (χ0v) is 15.7. The Hall–Kier alpha value is -1.96. The molecule has 3 rings (SSSR count). The molecule has 8 heteroatoms. The van der Waals surface area contributed by atoms with Gasteiger partial charge in [-0.2, -0.15) is 0 Å². The number of carbonyl (C=O) groups excluding carboxylic acids is 2. The van der Waals surface area contributed by atoms with E-state index in [-0.39, 0.29) is 24.7 Å². The quantitative estimate of drug-likeness (QED) is 0.806. The van der Waals surface area contributed by atoms with E-state index >= 15 is 0 Å². The predicted octanol–water partition coefficient (Wildman–Crippen LogP) is 0.773. The third kappa shape index (κ3) is 4.60. The van der Waals surface area contributed by atoms with Crippen molar-refractivity contribution in [3.63, 3.8) is 0 Å². The van der Waals surface area contributed by atoms with Gasteiger partial charge in [0.2, 0.25) is 11.8 Å². The second-order valence-electron chi connectivity index (χ2n) is 7.52. The van der Waals surface area contributed by atoms with Crippen LogP contribution >= 0.6 is 0 Å². The number of carbonyl (C=O) groups is 2. The molecule has 1 aromatic heterocycles. The van der Waals surface area contributed by atoms with Gasteiger partial charge in [-0.15, -0.1) is 10.2 Å². The van der Waals surface area contributed by atoms with Crippen LogP contribution in [0, 0.1) is 0 Å². The summed E-state index contributed by atoms with van der Waals surface area (Å²) >= 11 is 0. The minimum absolute atomic E-state index is 0.00390. The lowest BCUT2D eigenvalue weighted by Gasteiger charge is -2.32. The molecule has 144 valence electrons. The molecule has 2 N–H and O–H groups in total. The molecule has 2 fully saturated rings. The number of piperidine rings is 2. The minimum atomic E-state index is -0.428. The first kappa shape index (κ1) is 18.8. The number of likely N-dealkylation sites (tertiary alicyclic amines) is 2. The largest absolute Gasteiger partial charge is 0.370 e. The molecule has 0 spiro atoms. The van der Waals surface area contributed by atoms with Gasteiger partial charge in [0, 0.05) is 38.9 Å². The highest BCUT2D eigenvalue weighted by molar-refractivity contribution is 5.82. The molecule has 1 atom stereocenters. The Labute approximate surface area is 154 Å². The maximum atomic E-state index is 12.3. The maximum Gasteiger partial charge on any atom is 0.223 e. The number of rotatable bonds is 6. The number of aromatic nitrogens is 3. The Morgan fingerprint density at radius 3 is 2.58 bits per heavy atom. The molecule has 2 saturated heterocycles. The van der Waals surface area contributed by atoms with E-state index in [1.165, 1.54) is 19.3 Å². The molecular formula is C18H30N6O2. The minimum Gasteiger partial charge on any atom is -0.370 e. The molecule has 2 amide bonds. The van der Waals surface area contributed by atoms with E-state index in [2.05, 4.69) is 19.7 Å². The summed E-state index contributed by atoms with van der Waals surface area (Å²) in [6.45, 7) is 4.50. The van der Waals surface area contributed by atoms with E-state index < -0.39 is 5.91 Å². The number of nitrogens with zero attached hydrogens (tertiary/aromatic N) is 5. The highest BCUT2D eigenvalue weighted by atomic mass is 16.2. The SMILES string of the molecule is Cn1c(CN2CCCCC2)nnc1[C@@H]1CCCN(C(=O)CCC(N)=O)C1. The van der Waals surface area contributed by atoms with Crippen molar-refractivity contribution in [1.29, 1.82) is 0 Å². The molecule has 1 aromatic rings. The van der Waals surface area contributed by atoms with Gasteiger partial charge >= 0.3 is 0 Å². The smallest absolute Gasteiger partial charge is 0.223 e. The lowest BCUT2D eigenvalue weighted by atomic mass is 9.96. The summed E-state index contributed by atoms with van der Waals surface area (Å²) in [5.74, 6) is 1.74. The fourth-order valence-electron chi connectivity index (χ4n) is 3.99. The zero-order chi connectivity index (χ0) is 18.5. The summed E-state index contributed by atoms with van der Waals surface area (Å²) in [5.41, 5.74) is 5.15. The van der Waals surface area contributed by atoms with E-state index in [1.54, 1.807) is 0 Å². The van der Waals surface area contributed by atoms with Gasteiger partial charge in [-0.3, -0.25) is 14.5 Å². The van der Waals surface area contributed by atoms with E-state index in [0.717, 1.165) is 50.7 Å². The molecule has 0 aliphatic carbocycles. The monoisotopic (exact) mass is 362 g/mol. The Bertz CT molecular complexity index is 638. The maximum absolute atomic E-state index is 12.3. The molecule has 0 bridgehead atoms. The highest BCUT2D eigenvalue weighted by Crippen LogP contribution is 2.26. The summed E-state index contributed by atoms with van der Waals surface area (Å²) in [7, 11) is 2.03. The van der Waals surface area contributed by atoms with Crippen LogP contribution in [0.3, 0.4) is 0 Å². The lowest BCUT2D eigenvalue weighted by Crippen LogP contribution is -2.40. The second kappa shape index (κ2) is 8.62. The van der Waals surface area contributed by atoms with Gasteiger partial charge < -0.3 is 15.2 Å². The third-order valence-corrected chi connectivity index (χ3v) is 5.54. The van der Waals surface area contributed by atoms with Crippen molar-refractivity contribution in [1.82, 2.24) is 24.6 Å². The number of primary amides is 1. The molecule has 26 heavy (non-hydrogen) atoms. The average molecular weight is 362 g/mol. The van der Waals surface area contributed by atoms with Crippen molar-refractivity contribution in [2.24, 2.45) is 12.8 Å². The Balaban J connectivity index is 1.61. The fourth-order valence-corrected chi connectivity index (χ4v) is 3.99. The van der Waals surface area contributed by atoms with Gasteiger partial charge in [-0.1, -0.05) is 6.42 Å². The van der Waals surface area contributed by atoms with E-state index in [9.17, 15) is 9.59 Å². The molecule has 0 radical (unpaired) electrons. The lowest BCUT2D eigenvalue weighted by molar-refractivity contribution is -0.134. The standard InChI is InChI=1S/C18H30N6O2/c1-22-16(13-23-9-3-2-4-10-23)20-21-18(22)14-6-5-11-24(12-14)17(26)8-7-15(19)25/h14H,2-13H2,1H3,(H2,19,25)/t14-/m1/s1. The molecular weight excluding hydrogens is 332 g/mol. The van der Waals surface area contributed by atoms with Gasteiger partial charge in [0.25, 0.3) is 0 Å². The van der Waals surface area contributed by atoms with Crippen molar-refractivity contribution >= 4 is 11.8 Å². The van der Waals surface area contributed by atoms with Crippen LogP contribution in [0.5, 0.6) is 0 Å². The summed E-state index contributed by atoms with van der Waals surface area (Å²) in [6, 6.07) is 0.